The predicted molar refractivity (Wildman–Crippen MR) is 76.0 cm³/mol. The van der Waals surface area contributed by atoms with Crippen molar-refractivity contribution >= 4 is 5.91 Å². The van der Waals surface area contributed by atoms with E-state index in [1.165, 1.54) is 0 Å². The quantitative estimate of drug-likeness (QED) is 0.846. The maximum absolute atomic E-state index is 12.6. The van der Waals surface area contributed by atoms with E-state index < -0.39 is 0 Å². The summed E-state index contributed by atoms with van der Waals surface area (Å²) >= 11 is 0. The molecule has 1 amide bonds. The SMILES string of the molecule is CO[C@@]1(C)C[C@H](N(C)C(=O)C2CCNCC2)C1(C)C. The Balaban J connectivity index is 2.01. The van der Waals surface area contributed by atoms with Crippen molar-refractivity contribution in [3.8, 4) is 0 Å². The highest BCUT2D eigenvalue weighted by atomic mass is 16.5. The zero-order valence-electron chi connectivity index (χ0n) is 13.0. The van der Waals surface area contributed by atoms with Gasteiger partial charge in [0.1, 0.15) is 0 Å². The number of amides is 1. The Hall–Kier alpha value is -0.610. The number of hydrogen-bond donors (Lipinski definition) is 1. The van der Waals surface area contributed by atoms with E-state index in [0.29, 0.717) is 11.9 Å². The van der Waals surface area contributed by atoms with Crippen LogP contribution in [0.1, 0.15) is 40.0 Å². The molecule has 19 heavy (non-hydrogen) atoms. The van der Waals surface area contributed by atoms with E-state index >= 15 is 0 Å². The first-order valence-corrected chi connectivity index (χ1v) is 7.36. The third-order valence-electron chi connectivity index (χ3n) is 5.73. The number of rotatable bonds is 3. The van der Waals surface area contributed by atoms with Crippen molar-refractivity contribution in [1.82, 2.24) is 10.2 Å². The van der Waals surface area contributed by atoms with Gasteiger partial charge in [-0.05, 0) is 39.3 Å². The molecule has 2 fully saturated rings. The van der Waals surface area contributed by atoms with Gasteiger partial charge in [-0.2, -0.15) is 0 Å². The molecule has 1 aliphatic heterocycles. The fraction of sp³-hybridized carbons (Fsp3) is 0.933. The van der Waals surface area contributed by atoms with Gasteiger partial charge < -0.3 is 15.0 Å². The molecule has 0 unspecified atom stereocenters. The van der Waals surface area contributed by atoms with E-state index in [4.69, 9.17) is 4.74 Å². The average Bonchev–Trinajstić information content (AvgIpc) is 2.43. The lowest BCUT2D eigenvalue weighted by atomic mass is 9.55. The average molecular weight is 268 g/mol. The summed E-state index contributed by atoms with van der Waals surface area (Å²) in [5.41, 5.74) is -0.0978. The monoisotopic (exact) mass is 268 g/mol. The van der Waals surface area contributed by atoms with Crippen molar-refractivity contribution in [2.75, 3.05) is 27.2 Å². The molecule has 0 aromatic rings. The number of carbonyl (C=O) groups is 1. The molecule has 1 N–H and O–H groups in total. The minimum Gasteiger partial charge on any atom is -0.378 e. The van der Waals surface area contributed by atoms with Gasteiger partial charge in [-0.15, -0.1) is 0 Å². The zero-order chi connectivity index (χ0) is 14.3. The standard InChI is InChI=1S/C15H28N2O2/c1-14(2)12(10-15(14,3)19-5)17(4)13(18)11-6-8-16-9-7-11/h11-12,16H,6-10H2,1-5H3/t12-,15-/m0/s1. The van der Waals surface area contributed by atoms with Crippen LogP contribution in [0.3, 0.4) is 0 Å². The smallest absolute Gasteiger partial charge is 0.225 e. The van der Waals surface area contributed by atoms with E-state index in [1.807, 2.05) is 11.9 Å². The van der Waals surface area contributed by atoms with Crippen LogP contribution in [-0.4, -0.2) is 49.7 Å². The van der Waals surface area contributed by atoms with Crippen molar-refractivity contribution < 1.29 is 9.53 Å². The molecular formula is C15H28N2O2. The lowest BCUT2D eigenvalue weighted by Gasteiger charge is -2.61. The van der Waals surface area contributed by atoms with Crippen LogP contribution in [0, 0.1) is 11.3 Å². The molecule has 0 bridgehead atoms. The lowest BCUT2D eigenvalue weighted by molar-refractivity contribution is -0.208. The Kier molecular flexibility index (Phi) is 3.94. The molecule has 2 aliphatic rings. The first-order chi connectivity index (χ1) is 8.83. The van der Waals surface area contributed by atoms with Crippen molar-refractivity contribution in [3.63, 3.8) is 0 Å². The second-order valence-corrected chi connectivity index (χ2v) is 6.85. The van der Waals surface area contributed by atoms with Gasteiger partial charge in [0.05, 0.1) is 5.60 Å². The number of nitrogens with zero attached hydrogens (tertiary/aromatic N) is 1. The molecule has 0 spiro atoms. The Morgan fingerprint density at radius 3 is 2.32 bits per heavy atom. The molecule has 0 aromatic heterocycles. The van der Waals surface area contributed by atoms with E-state index in [1.54, 1.807) is 7.11 Å². The molecule has 110 valence electrons. The predicted octanol–water partition coefficient (Wildman–Crippen LogP) is 1.65. The van der Waals surface area contributed by atoms with Crippen LogP contribution in [0.25, 0.3) is 0 Å². The highest BCUT2D eigenvalue weighted by Gasteiger charge is 2.60. The van der Waals surface area contributed by atoms with Crippen molar-refractivity contribution in [2.24, 2.45) is 11.3 Å². The molecule has 2 rings (SSSR count). The first-order valence-electron chi connectivity index (χ1n) is 7.36. The summed E-state index contributed by atoms with van der Waals surface area (Å²) in [6, 6.07) is 0.292. The highest BCUT2D eigenvalue weighted by molar-refractivity contribution is 5.79. The summed E-state index contributed by atoms with van der Waals surface area (Å²) in [5.74, 6) is 0.522. The second kappa shape index (κ2) is 5.06. The molecule has 1 saturated heterocycles. The number of piperidine rings is 1. The summed E-state index contributed by atoms with van der Waals surface area (Å²) in [7, 11) is 3.73. The number of ether oxygens (including phenoxy) is 1. The Bertz CT molecular complexity index is 350. The van der Waals surface area contributed by atoms with Crippen molar-refractivity contribution in [1.29, 1.82) is 0 Å². The third-order valence-corrected chi connectivity index (χ3v) is 5.73. The third kappa shape index (κ3) is 2.29. The maximum Gasteiger partial charge on any atom is 0.225 e. The van der Waals surface area contributed by atoms with Gasteiger partial charge in [0, 0.05) is 31.5 Å². The van der Waals surface area contributed by atoms with Gasteiger partial charge in [0.25, 0.3) is 0 Å². The second-order valence-electron chi connectivity index (χ2n) is 6.85. The van der Waals surface area contributed by atoms with Gasteiger partial charge in [0.15, 0.2) is 0 Å². The highest BCUT2D eigenvalue weighted by Crippen LogP contribution is 2.53. The number of hydrogen-bond acceptors (Lipinski definition) is 3. The van der Waals surface area contributed by atoms with E-state index in [0.717, 1.165) is 32.4 Å². The van der Waals surface area contributed by atoms with Crippen LogP contribution in [0.15, 0.2) is 0 Å². The fourth-order valence-corrected chi connectivity index (χ4v) is 3.59. The molecule has 1 saturated carbocycles. The molecule has 1 aliphatic carbocycles. The van der Waals surface area contributed by atoms with Crippen LogP contribution in [0.4, 0.5) is 0 Å². The summed E-state index contributed by atoms with van der Waals surface area (Å²) in [5, 5.41) is 3.31. The minimum atomic E-state index is -0.111. The lowest BCUT2D eigenvalue weighted by Crippen LogP contribution is -2.69. The molecule has 4 heteroatoms. The molecule has 0 aromatic carbocycles. The van der Waals surface area contributed by atoms with Crippen LogP contribution in [0.5, 0.6) is 0 Å². The Morgan fingerprint density at radius 1 is 1.26 bits per heavy atom. The molecular weight excluding hydrogens is 240 g/mol. The summed E-state index contributed by atoms with van der Waals surface area (Å²) in [6.45, 7) is 8.49. The van der Waals surface area contributed by atoms with Gasteiger partial charge in [-0.1, -0.05) is 13.8 Å². The topological polar surface area (TPSA) is 41.6 Å². The van der Waals surface area contributed by atoms with Crippen molar-refractivity contribution in [3.05, 3.63) is 0 Å². The number of carbonyl (C=O) groups excluding carboxylic acids is 1. The fourth-order valence-electron chi connectivity index (χ4n) is 3.59. The Labute approximate surface area is 116 Å². The van der Waals surface area contributed by atoms with E-state index in [9.17, 15) is 4.79 Å². The Morgan fingerprint density at radius 2 is 1.84 bits per heavy atom. The van der Waals surface area contributed by atoms with Crippen molar-refractivity contribution in [2.45, 2.75) is 51.7 Å². The van der Waals surface area contributed by atoms with Crippen LogP contribution < -0.4 is 5.32 Å². The largest absolute Gasteiger partial charge is 0.378 e. The molecule has 2 atom stereocenters. The minimum absolute atomic E-state index is 0.0130. The summed E-state index contributed by atoms with van der Waals surface area (Å²) < 4.78 is 5.65. The van der Waals surface area contributed by atoms with Gasteiger partial charge >= 0.3 is 0 Å². The summed E-state index contributed by atoms with van der Waals surface area (Å²) in [6.07, 6.45) is 2.87. The number of methoxy groups -OCH3 is 1. The van der Waals surface area contributed by atoms with Crippen LogP contribution in [-0.2, 0) is 9.53 Å². The van der Waals surface area contributed by atoms with E-state index in [-0.39, 0.29) is 16.9 Å². The summed E-state index contributed by atoms with van der Waals surface area (Å²) in [4.78, 5) is 14.6. The molecule has 0 radical (unpaired) electrons. The zero-order valence-corrected chi connectivity index (χ0v) is 13.0. The van der Waals surface area contributed by atoms with E-state index in [2.05, 4.69) is 26.1 Å². The maximum atomic E-state index is 12.6. The normalized spacial score (nSPS) is 34.7. The van der Waals surface area contributed by atoms with Crippen LogP contribution in [0.2, 0.25) is 0 Å². The van der Waals surface area contributed by atoms with Gasteiger partial charge in [-0.3, -0.25) is 4.79 Å². The molecule has 4 nitrogen and oxygen atoms in total. The van der Waals surface area contributed by atoms with Gasteiger partial charge in [0.2, 0.25) is 5.91 Å². The first kappa shape index (κ1) is 14.8. The number of nitrogens with one attached hydrogen (secondary N) is 1. The molecule has 1 heterocycles. The van der Waals surface area contributed by atoms with Gasteiger partial charge in [-0.25, -0.2) is 0 Å². The van der Waals surface area contributed by atoms with Crippen LogP contribution >= 0.6 is 0 Å².